The highest BCUT2D eigenvalue weighted by Crippen LogP contribution is 2.22. The molecule has 0 radical (unpaired) electrons. The molecule has 1 atom stereocenters. The second-order valence-corrected chi connectivity index (χ2v) is 6.81. The summed E-state index contributed by atoms with van der Waals surface area (Å²) in [5, 5.41) is 0. The van der Waals surface area contributed by atoms with Crippen molar-refractivity contribution in [2.75, 3.05) is 33.9 Å². The molecule has 2 aromatic rings. The van der Waals surface area contributed by atoms with Crippen LogP contribution in [-0.2, 0) is 4.79 Å². The zero-order valence-electron chi connectivity index (χ0n) is 15.4. The zero-order chi connectivity index (χ0) is 18.7. The molecule has 1 unspecified atom stereocenters. The molecule has 26 heavy (non-hydrogen) atoms. The lowest BCUT2D eigenvalue weighted by Gasteiger charge is -2.21. The van der Waals surface area contributed by atoms with Crippen LogP contribution < -0.4 is 0 Å². The number of nitrogens with zero attached hydrogens (tertiary/aromatic N) is 4. The van der Waals surface area contributed by atoms with Gasteiger partial charge in [-0.2, -0.15) is 0 Å². The number of carbonyl (C=O) groups excluding carboxylic acids is 2. The van der Waals surface area contributed by atoms with Crippen LogP contribution in [0, 0.1) is 0 Å². The number of pyridine rings is 1. The van der Waals surface area contributed by atoms with Crippen molar-refractivity contribution in [3.63, 3.8) is 0 Å². The molecule has 0 bridgehead atoms. The van der Waals surface area contributed by atoms with Crippen molar-refractivity contribution < 1.29 is 9.59 Å². The van der Waals surface area contributed by atoms with Gasteiger partial charge in [0.15, 0.2) is 0 Å². The number of hydrogen-bond donors (Lipinski definition) is 0. The SMILES string of the molecule is CC1C(=O)N(CCN(C)C)CN1C(=O)c1ccc(-c2ccncc2)cc1. The maximum Gasteiger partial charge on any atom is 0.255 e. The Kier molecular flexibility index (Phi) is 5.32. The molecule has 1 saturated heterocycles. The third-order valence-electron chi connectivity index (χ3n) is 4.68. The van der Waals surface area contributed by atoms with E-state index in [1.54, 1.807) is 29.1 Å². The third-order valence-corrected chi connectivity index (χ3v) is 4.68. The van der Waals surface area contributed by atoms with E-state index in [1.807, 2.05) is 55.4 Å². The second kappa shape index (κ2) is 7.66. The Bertz CT molecular complexity index is 774. The molecule has 1 aromatic heterocycles. The fraction of sp³-hybridized carbons (Fsp3) is 0.350. The van der Waals surface area contributed by atoms with Crippen LogP contribution >= 0.6 is 0 Å². The number of aromatic nitrogens is 1. The Morgan fingerprint density at radius 3 is 2.35 bits per heavy atom. The first kappa shape index (κ1) is 18.1. The van der Waals surface area contributed by atoms with Gasteiger partial charge in [0.25, 0.3) is 5.91 Å². The largest absolute Gasteiger partial charge is 0.322 e. The summed E-state index contributed by atoms with van der Waals surface area (Å²) in [7, 11) is 3.94. The maximum atomic E-state index is 12.9. The first-order chi connectivity index (χ1) is 12.5. The van der Waals surface area contributed by atoms with Gasteiger partial charge in [0.05, 0.1) is 6.67 Å². The average Bonchev–Trinajstić information content (AvgIpc) is 2.95. The first-order valence-corrected chi connectivity index (χ1v) is 8.72. The summed E-state index contributed by atoms with van der Waals surface area (Å²) in [5.41, 5.74) is 2.68. The highest BCUT2D eigenvalue weighted by Gasteiger charge is 2.38. The maximum absolute atomic E-state index is 12.9. The number of carbonyl (C=O) groups is 2. The van der Waals surface area contributed by atoms with Gasteiger partial charge in [0.2, 0.25) is 5.91 Å². The average molecular weight is 352 g/mol. The van der Waals surface area contributed by atoms with Crippen molar-refractivity contribution in [1.82, 2.24) is 19.7 Å². The Balaban J connectivity index is 1.72. The molecular weight excluding hydrogens is 328 g/mol. The molecule has 1 aliphatic heterocycles. The van der Waals surface area contributed by atoms with Gasteiger partial charge in [-0.15, -0.1) is 0 Å². The summed E-state index contributed by atoms with van der Waals surface area (Å²) in [5.74, 6) is -0.104. The Labute approximate surface area is 154 Å². The van der Waals surface area contributed by atoms with Gasteiger partial charge in [-0.1, -0.05) is 12.1 Å². The number of likely N-dealkylation sites (N-methyl/N-ethyl adjacent to an activating group) is 1. The second-order valence-electron chi connectivity index (χ2n) is 6.81. The molecule has 0 N–H and O–H groups in total. The lowest BCUT2D eigenvalue weighted by molar-refractivity contribution is -0.128. The van der Waals surface area contributed by atoms with Gasteiger partial charge >= 0.3 is 0 Å². The summed E-state index contributed by atoms with van der Waals surface area (Å²) >= 11 is 0. The molecule has 136 valence electrons. The smallest absolute Gasteiger partial charge is 0.255 e. The Morgan fingerprint density at radius 2 is 1.73 bits per heavy atom. The van der Waals surface area contributed by atoms with Crippen LogP contribution in [0.15, 0.2) is 48.8 Å². The highest BCUT2D eigenvalue weighted by molar-refractivity contribution is 5.99. The van der Waals surface area contributed by atoms with Gasteiger partial charge in [-0.05, 0) is 56.4 Å². The van der Waals surface area contributed by atoms with E-state index in [9.17, 15) is 9.59 Å². The van der Waals surface area contributed by atoms with Crippen molar-refractivity contribution in [2.45, 2.75) is 13.0 Å². The van der Waals surface area contributed by atoms with E-state index in [2.05, 4.69) is 4.98 Å². The molecule has 0 spiro atoms. The quantitative estimate of drug-likeness (QED) is 0.825. The van der Waals surface area contributed by atoms with Crippen LogP contribution in [0.1, 0.15) is 17.3 Å². The molecule has 0 aliphatic carbocycles. The molecule has 6 nitrogen and oxygen atoms in total. The van der Waals surface area contributed by atoms with Crippen LogP contribution in [0.25, 0.3) is 11.1 Å². The van der Waals surface area contributed by atoms with E-state index in [1.165, 1.54) is 0 Å². The van der Waals surface area contributed by atoms with Crippen molar-refractivity contribution in [3.8, 4) is 11.1 Å². The summed E-state index contributed by atoms with van der Waals surface area (Å²) in [4.78, 5) is 34.7. The van der Waals surface area contributed by atoms with Crippen LogP contribution in [0.5, 0.6) is 0 Å². The minimum Gasteiger partial charge on any atom is -0.322 e. The monoisotopic (exact) mass is 352 g/mol. The molecule has 3 rings (SSSR count). The van der Waals surface area contributed by atoms with E-state index < -0.39 is 6.04 Å². The number of amides is 2. The Morgan fingerprint density at radius 1 is 1.12 bits per heavy atom. The minimum atomic E-state index is -0.426. The fourth-order valence-electron chi connectivity index (χ4n) is 3.03. The molecule has 0 saturated carbocycles. The lowest BCUT2D eigenvalue weighted by Crippen LogP contribution is -2.36. The summed E-state index contributed by atoms with van der Waals surface area (Å²) < 4.78 is 0. The van der Waals surface area contributed by atoms with E-state index in [0.29, 0.717) is 18.8 Å². The molecule has 2 heterocycles. The van der Waals surface area contributed by atoms with Gasteiger partial charge in [0.1, 0.15) is 6.04 Å². The molecule has 1 aliphatic rings. The predicted octanol–water partition coefficient (Wildman–Crippen LogP) is 1.94. The van der Waals surface area contributed by atoms with Crippen LogP contribution in [0.4, 0.5) is 0 Å². The van der Waals surface area contributed by atoms with E-state index >= 15 is 0 Å². The van der Waals surface area contributed by atoms with Gasteiger partial charge in [0, 0.05) is 31.0 Å². The van der Waals surface area contributed by atoms with Gasteiger partial charge < -0.3 is 14.7 Å². The van der Waals surface area contributed by atoms with Crippen LogP contribution in [0.2, 0.25) is 0 Å². The molecule has 1 fully saturated rings. The lowest BCUT2D eigenvalue weighted by atomic mass is 10.0. The Hall–Kier alpha value is -2.73. The van der Waals surface area contributed by atoms with Crippen LogP contribution in [0.3, 0.4) is 0 Å². The standard InChI is InChI=1S/C20H24N4O2/c1-15-19(25)23(13-12-22(2)3)14-24(15)20(26)18-6-4-16(5-7-18)17-8-10-21-11-9-17/h4-11,15H,12-14H2,1-3H3. The fourth-order valence-corrected chi connectivity index (χ4v) is 3.03. The topological polar surface area (TPSA) is 56.8 Å². The number of hydrogen-bond acceptors (Lipinski definition) is 4. The van der Waals surface area contributed by atoms with Crippen molar-refractivity contribution in [1.29, 1.82) is 0 Å². The van der Waals surface area contributed by atoms with Gasteiger partial charge in [-0.25, -0.2) is 0 Å². The van der Waals surface area contributed by atoms with E-state index in [0.717, 1.165) is 17.7 Å². The first-order valence-electron chi connectivity index (χ1n) is 8.72. The summed E-state index contributed by atoms with van der Waals surface area (Å²) in [6.45, 7) is 3.54. The van der Waals surface area contributed by atoms with E-state index in [-0.39, 0.29) is 11.8 Å². The molecular formula is C20H24N4O2. The highest BCUT2D eigenvalue weighted by atomic mass is 16.2. The van der Waals surface area contributed by atoms with Crippen LogP contribution in [-0.4, -0.2) is 71.4 Å². The predicted molar refractivity (Wildman–Crippen MR) is 100 cm³/mol. The van der Waals surface area contributed by atoms with Crippen molar-refractivity contribution in [2.24, 2.45) is 0 Å². The summed E-state index contributed by atoms with van der Waals surface area (Å²) in [6.07, 6.45) is 3.49. The zero-order valence-corrected chi connectivity index (χ0v) is 15.4. The van der Waals surface area contributed by atoms with E-state index in [4.69, 9.17) is 0 Å². The van der Waals surface area contributed by atoms with Crippen molar-refractivity contribution in [3.05, 3.63) is 54.4 Å². The minimum absolute atomic E-state index is 0.00797. The molecule has 6 heteroatoms. The third kappa shape index (κ3) is 3.75. The van der Waals surface area contributed by atoms with Gasteiger partial charge in [-0.3, -0.25) is 14.6 Å². The normalized spacial score (nSPS) is 17.2. The number of benzene rings is 1. The molecule has 2 amide bonds. The summed E-state index contributed by atoms with van der Waals surface area (Å²) in [6, 6.07) is 10.9. The number of rotatable bonds is 5. The molecule has 1 aromatic carbocycles. The van der Waals surface area contributed by atoms with Crippen molar-refractivity contribution >= 4 is 11.8 Å².